The van der Waals surface area contributed by atoms with Crippen LogP contribution in [0.1, 0.15) is 63.0 Å². The first-order chi connectivity index (χ1) is 17.1. The number of carbonyl (C=O) groups excluding carboxylic acids is 1. The van der Waals surface area contributed by atoms with Crippen LogP contribution in [0.15, 0.2) is 91.1 Å². The molecule has 0 aliphatic heterocycles. The Hall–Kier alpha value is -3.72. The quantitative estimate of drug-likeness (QED) is 0.221. The van der Waals surface area contributed by atoms with Crippen molar-refractivity contribution in [1.82, 2.24) is 4.98 Å². The molecule has 0 fully saturated rings. The molecule has 0 radical (unpaired) electrons. The van der Waals surface area contributed by atoms with Crippen molar-refractivity contribution in [3.8, 4) is 28.1 Å². The molecule has 4 rings (SSSR count). The third-order valence-electron chi connectivity index (χ3n) is 4.78. The number of hydrogen-bond acceptors (Lipinski definition) is 3. The Morgan fingerprint density at radius 2 is 1.03 bits per heavy atom. The minimum Gasteiger partial charge on any atom is -0.423 e. The first-order valence-electron chi connectivity index (χ1n) is 12.5. The van der Waals surface area contributed by atoms with Crippen molar-refractivity contribution in [2.75, 3.05) is 0 Å². The van der Waals surface area contributed by atoms with Gasteiger partial charge in [0.15, 0.2) is 0 Å². The summed E-state index contributed by atoms with van der Waals surface area (Å²) >= 11 is 0. The van der Waals surface area contributed by atoms with Gasteiger partial charge < -0.3 is 4.74 Å². The summed E-state index contributed by atoms with van der Waals surface area (Å²) in [5, 5.41) is 0. The van der Waals surface area contributed by atoms with Crippen LogP contribution in [-0.2, 0) is 0 Å². The predicted octanol–water partition coefficient (Wildman–Crippen LogP) is 9.33. The standard InChI is InChI=1S/C26H21NO2.3C2H6/c1-18-3-6-20(7-4-18)21-8-10-23(11-9-21)26(28)29-24-14-12-22(13-15-24)25-16-5-19(2)17-27-25;3*1-2/h3-17H,1-2H3;3*1-2H3. The second kappa shape index (κ2) is 16.0. The number of ether oxygens (including phenoxy) is 1. The molecule has 0 aliphatic carbocycles. The van der Waals surface area contributed by atoms with Gasteiger partial charge in [0.05, 0.1) is 11.3 Å². The molecular formula is C32H39NO2. The van der Waals surface area contributed by atoms with E-state index in [1.54, 1.807) is 24.3 Å². The van der Waals surface area contributed by atoms with Crippen molar-refractivity contribution in [2.45, 2.75) is 55.4 Å². The Morgan fingerprint density at radius 3 is 1.51 bits per heavy atom. The smallest absolute Gasteiger partial charge is 0.343 e. The Bertz CT molecular complexity index is 1110. The van der Waals surface area contributed by atoms with E-state index in [1.807, 2.05) is 91.1 Å². The second-order valence-electron chi connectivity index (χ2n) is 7.08. The van der Waals surface area contributed by atoms with Crippen LogP contribution in [0.5, 0.6) is 5.75 Å². The zero-order valence-electron chi connectivity index (χ0n) is 22.4. The van der Waals surface area contributed by atoms with Crippen molar-refractivity contribution in [2.24, 2.45) is 0 Å². The fourth-order valence-corrected chi connectivity index (χ4v) is 3.04. The van der Waals surface area contributed by atoms with Crippen LogP contribution in [0, 0.1) is 13.8 Å². The number of rotatable bonds is 4. The van der Waals surface area contributed by atoms with E-state index in [2.05, 4.69) is 36.2 Å². The van der Waals surface area contributed by atoms with Crippen molar-refractivity contribution in [3.63, 3.8) is 0 Å². The summed E-state index contributed by atoms with van der Waals surface area (Å²) in [4.78, 5) is 16.9. The van der Waals surface area contributed by atoms with Crippen molar-refractivity contribution in [1.29, 1.82) is 0 Å². The van der Waals surface area contributed by atoms with E-state index in [4.69, 9.17) is 4.74 Å². The molecule has 0 unspecified atom stereocenters. The first kappa shape index (κ1) is 29.3. The number of carbonyl (C=O) groups is 1. The molecule has 0 atom stereocenters. The molecule has 0 aliphatic rings. The minimum absolute atomic E-state index is 0.373. The van der Waals surface area contributed by atoms with Gasteiger partial charge in [-0.15, -0.1) is 0 Å². The number of nitrogens with zero attached hydrogens (tertiary/aromatic N) is 1. The summed E-state index contributed by atoms with van der Waals surface area (Å²) in [5.41, 5.74) is 6.91. The Labute approximate surface area is 211 Å². The van der Waals surface area contributed by atoms with E-state index in [0.29, 0.717) is 11.3 Å². The van der Waals surface area contributed by atoms with Crippen LogP contribution >= 0.6 is 0 Å². The Morgan fingerprint density at radius 1 is 0.571 bits per heavy atom. The number of hydrogen-bond donors (Lipinski definition) is 0. The number of aryl methyl sites for hydroxylation is 2. The average Bonchev–Trinajstić information content (AvgIpc) is 2.93. The molecule has 1 heterocycles. The third-order valence-corrected chi connectivity index (χ3v) is 4.78. The molecule has 0 amide bonds. The average molecular weight is 470 g/mol. The van der Waals surface area contributed by atoms with Gasteiger partial charge >= 0.3 is 5.97 Å². The molecule has 3 heteroatoms. The first-order valence-corrected chi connectivity index (χ1v) is 12.5. The largest absolute Gasteiger partial charge is 0.423 e. The number of esters is 1. The molecule has 4 aromatic rings. The number of aromatic nitrogens is 1. The molecule has 3 aromatic carbocycles. The monoisotopic (exact) mass is 469 g/mol. The zero-order chi connectivity index (χ0) is 26.2. The van der Waals surface area contributed by atoms with E-state index in [0.717, 1.165) is 27.9 Å². The highest BCUT2D eigenvalue weighted by molar-refractivity contribution is 5.91. The molecule has 35 heavy (non-hydrogen) atoms. The van der Waals surface area contributed by atoms with Gasteiger partial charge in [-0.25, -0.2) is 4.79 Å². The van der Waals surface area contributed by atoms with E-state index >= 15 is 0 Å². The Balaban J connectivity index is 0.000000949. The maximum absolute atomic E-state index is 12.5. The minimum atomic E-state index is -0.373. The summed E-state index contributed by atoms with van der Waals surface area (Å²) in [7, 11) is 0. The lowest BCUT2D eigenvalue weighted by molar-refractivity contribution is 0.0735. The highest BCUT2D eigenvalue weighted by atomic mass is 16.5. The topological polar surface area (TPSA) is 39.2 Å². The summed E-state index contributed by atoms with van der Waals surface area (Å²) in [5.74, 6) is 0.134. The normalized spacial score (nSPS) is 9.26. The van der Waals surface area contributed by atoms with Crippen molar-refractivity contribution in [3.05, 3.63) is 108 Å². The fourth-order valence-electron chi connectivity index (χ4n) is 3.04. The van der Waals surface area contributed by atoms with Gasteiger partial charge in [-0.1, -0.05) is 89.6 Å². The lowest BCUT2D eigenvalue weighted by Gasteiger charge is -2.07. The van der Waals surface area contributed by atoms with Crippen LogP contribution in [0.3, 0.4) is 0 Å². The van der Waals surface area contributed by atoms with Gasteiger partial charge in [0, 0.05) is 11.8 Å². The summed E-state index contributed by atoms with van der Waals surface area (Å²) in [6.45, 7) is 16.1. The fraction of sp³-hybridized carbons (Fsp3) is 0.250. The maximum atomic E-state index is 12.5. The summed E-state index contributed by atoms with van der Waals surface area (Å²) in [6, 6.07) is 27.2. The molecule has 1 aromatic heterocycles. The van der Waals surface area contributed by atoms with Crippen LogP contribution in [0.2, 0.25) is 0 Å². The zero-order valence-corrected chi connectivity index (χ0v) is 22.4. The highest BCUT2D eigenvalue weighted by Crippen LogP contribution is 2.23. The van der Waals surface area contributed by atoms with Gasteiger partial charge in [-0.3, -0.25) is 4.98 Å². The maximum Gasteiger partial charge on any atom is 0.343 e. The highest BCUT2D eigenvalue weighted by Gasteiger charge is 2.09. The van der Waals surface area contributed by atoms with E-state index in [9.17, 15) is 4.79 Å². The number of pyridine rings is 1. The van der Waals surface area contributed by atoms with Gasteiger partial charge in [0.2, 0.25) is 0 Å². The van der Waals surface area contributed by atoms with E-state index < -0.39 is 0 Å². The van der Waals surface area contributed by atoms with Crippen LogP contribution < -0.4 is 4.74 Å². The van der Waals surface area contributed by atoms with Crippen LogP contribution in [-0.4, -0.2) is 11.0 Å². The SMILES string of the molecule is CC.CC.CC.Cc1ccc(-c2ccc(C(=O)Oc3ccc(-c4ccc(C)cn4)cc3)cc2)cc1. The lowest BCUT2D eigenvalue weighted by Crippen LogP contribution is -2.08. The summed E-state index contributed by atoms with van der Waals surface area (Å²) < 4.78 is 5.51. The van der Waals surface area contributed by atoms with Gasteiger partial charge in [-0.05, 0) is 73.0 Å². The van der Waals surface area contributed by atoms with Crippen molar-refractivity contribution < 1.29 is 9.53 Å². The van der Waals surface area contributed by atoms with E-state index in [1.165, 1.54) is 5.56 Å². The van der Waals surface area contributed by atoms with Gasteiger partial charge in [0.1, 0.15) is 5.75 Å². The third kappa shape index (κ3) is 8.86. The van der Waals surface area contributed by atoms with Crippen LogP contribution in [0.25, 0.3) is 22.4 Å². The molecule has 0 N–H and O–H groups in total. The molecule has 0 saturated carbocycles. The molecule has 0 saturated heterocycles. The molecule has 0 bridgehead atoms. The van der Waals surface area contributed by atoms with Crippen LogP contribution in [0.4, 0.5) is 0 Å². The number of benzene rings is 3. The predicted molar refractivity (Wildman–Crippen MR) is 150 cm³/mol. The summed E-state index contributed by atoms with van der Waals surface area (Å²) in [6.07, 6.45) is 1.84. The Kier molecular flexibility index (Phi) is 13.4. The molecule has 184 valence electrons. The molecular weight excluding hydrogens is 430 g/mol. The van der Waals surface area contributed by atoms with E-state index in [-0.39, 0.29) is 5.97 Å². The lowest BCUT2D eigenvalue weighted by atomic mass is 10.0. The molecule has 0 spiro atoms. The molecule has 3 nitrogen and oxygen atoms in total. The van der Waals surface area contributed by atoms with Gasteiger partial charge in [0.25, 0.3) is 0 Å². The van der Waals surface area contributed by atoms with Gasteiger partial charge in [-0.2, -0.15) is 0 Å². The second-order valence-corrected chi connectivity index (χ2v) is 7.08. The van der Waals surface area contributed by atoms with Crippen molar-refractivity contribution >= 4 is 5.97 Å².